The first-order valence-corrected chi connectivity index (χ1v) is 8.92. The number of oxazole rings is 1. The lowest BCUT2D eigenvalue weighted by molar-refractivity contribution is 0.0706. The summed E-state index contributed by atoms with van der Waals surface area (Å²) < 4.78 is 31.0. The monoisotopic (exact) mass is 408 g/mol. The first-order chi connectivity index (χ1) is 14.5. The molecule has 0 saturated heterocycles. The number of rotatable bonds is 5. The molecule has 0 aliphatic heterocycles. The fourth-order valence-electron chi connectivity index (χ4n) is 3.18. The van der Waals surface area contributed by atoms with Gasteiger partial charge in [0.15, 0.2) is 17.1 Å². The molecule has 0 bridgehead atoms. The van der Waals surface area contributed by atoms with Gasteiger partial charge in [-0.25, -0.2) is 14.9 Å². The first kappa shape index (κ1) is 19.4. The molecule has 152 valence electrons. The summed E-state index contributed by atoms with van der Waals surface area (Å²) in [6, 6.07) is 14.6. The van der Waals surface area contributed by atoms with Gasteiger partial charge in [-0.1, -0.05) is 18.2 Å². The zero-order chi connectivity index (χ0) is 21.3. The fraction of sp³-hybridized carbons (Fsp3) is 0.0909. The average molecular weight is 408 g/mol. The Balaban J connectivity index is 1.78. The number of fused-ring (bicyclic) bond motifs is 1. The summed E-state index contributed by atoms with van der Waals surface area (Å²) in [5, 5.41) is 8.79. The van der Waals surface area contributed by atoms with Crippen molar-refractivity contribution >= 4 is 17.0 Å². The SMILES string of the molecule is COc1cc(-c2cccc(OC)c2F)ccc1-c1nc2cc(C(=O)NO)ccc2o1. The Bertz CT molecular complexity index is 1250. The summed E-state index contributed by atoms with van der Waals surface area (Å²) in [6.07, 6.45) is 0. The summed E-state index contributed by atoms with van der Waals surface area (Å²) >= 11 is 0. The van der Waals surface area contributed by atoms with Crippen molar-refractivity contribution in [3.8, 4) is 34.1 Å². The van der Waals surface area contributed by atoms with Crippen molar-refractivity contribution in [1.82, 2.24) is 10.5 Å². The predicted octanol–water partition coefficient (Wildman–Crippen LogP) is 4.44. The second-order valence-corrected chi connectivity index (χ2v) is 6.38. The van der Waals surface area contributed by atoms with E-state index in [0.717, 1.165) is 0 Å². The molecule has 4 rings (SSSR count). The molecule has 0 fully saturated rings. The average Bonchev–Trinajstić information content (AvgIpc) is 3.21. The van der Waals surface area contributed by atoms with E-state index in [-0.39, 0.29) is 17.2 Å². The molecule has 4 aromatic rings. The number of hydroxylamine groups is 1. The van der Waals surface area contributed by atoms with Crippen molar-refractivity contribution in [3.05, 3.63) is 66.0 Å². The van der Waals surface area contributed by atoms with Crippen LogP contribution in [0.15, 0.2) is 59.0 Å². The third kappa shape index (κ3) is 3.33. The summed E-state index contributed by atoms with van der Waals surface area (Å²) in [6.45, 7) is 0. The minimum Gasteiger partial charge on any atom is -0.496 e. The Morgan fingerprint density at radius 1 is 1.03 bits per heavy atom. The number of ether oxygens (including phenoxy) is 2. The third-order valence-corrected chi connectivity index (χ3v) is 4.68. The van der Waals surface area contributed by atoms with Crippen LogP contribution in [0.2, 0.25) is 0 Å². The Kier molecular flexibility index (Phi) is 5.07. The van der Waals surface area contributed by atoms with Crippen molar-refractivity contribution in [2.75, 3.05) is 14.2 Å². The van der Waals surface area contributed by atoms with Gasteiger partial charge in [-0.2, -0.15) is 0 Å². The summed E-state index contributed by atoms with van der Waals surface area (Å²) in [5.41, 5.74) is 4.26. The standard InChI is InChI=1S/C22H17FN2O5/c1-28-18-5-3-4-14(20(18)23)12-6-8-15(19(11-12)29-2)22-24-16-10-13(21(26)25-27)7-9-17(16)30-22/h3-11,27H,1-2H3,(H,25,26). The van der Waals surface area contributed by atoms with Crippen LogP contribution in [0.3, 0.4) is 0 Å². The zero-order valence-electron chi connectivity index (χ0n) is 16.1. The van der Waals surface area contributed by atoms with Gasteiger partial charge >= 0.3 is 0 Å². The molecule has 3 aromatic carbocycles. The maximum Gasteiger partial charge on any atom is 0.274 e. The van der Waals surface area contributed by atoms with Crippen molar-refractivity contribution in [3.63, 3.8) is 0 Å². The molecule has 0 spiro atoms. The smallest absolute Gasteiger partial charge is 0.274 e. The van der Waals surface area contributed by atoms with Gasteiger partial charge in [-0.15, -0.1) is 0 Å². The molecule has 1 amide bonds. The minimum absolute atomic E-state index is 0.150. The highest BCUT2D eigenvalue weighted by atomic mass is 19.1. The molecule has 0 aliphatic carbocycles. The lowest BCUT2D eigenvalue weighted by Gasteiger charge is -2.11. The van der Waals surface area contributed by atoms with Crippen LogP contribution in [-0.2, 0) is 0 Å². The zero-order valence-corrected chi connectivity index (χ0v) is 16.1. The molecule has 0 saturated carbocycles. The van der Waals surface area contributed by atoms with Crippen LogP contribution in [-0.4, -0.2) is 30.3 Å². The van der Waals surface area contributed by atoms with E-state index in [4.69, 9.17) is 19.1 Å². The van der Waals surface area contributed by atoms with Gasteiger partial charge in [0.2, 0.25) is 5.89 Å². The number of hydrogen-bond acceptors (Lipinski definition) is 6. The Morgan fingerprint density at radius 2 is 1.83 bits per heavy atom. The maximum atomic E-state index is 14.6. The van der Waals surface area contributed by atoms with E-state index < -0.39 is 11.7 Å². The highest BCUT2D eigenvalue weighted by molar-refractivity contribution is 5.96. The second-order valence-electron chi connectivity index (χ2n) is 6.38. The second kappa shape index (κ2) is 7.84. The molecule has 7 nitrogen and oxygen atoms in total. The quantitative estimate of drug-likeness (QED) is 0.375. The van der Waals surface area contributed by atoms with Crippen molar-refractivity contribution in [1.29, 1.82) is 0 Å². The van der Waals surface area contributed by atoms with E-state index in [9.17, 15) is 9.18 Å². The summed E-state index contributed by atoms with van der Waals surface area (Å²) in [4.78, 5) is 16.0. The molecule has 8 heteroatoms. The van der Waals surface area contributed by atoms with E-state index >= 15 is 0 Å². The molecule has 2 N–H and O–H groups in total. The number of nitrogens with one attached hydrogen (secondary N) is 1. The topological polar surface area (TPSA) is 93.8 Å². The van der Waals surface area contributed by atoms with Gasteiger partial charge in [-0.05, 0) is 42.0 Å². The predicted molar refractivity (Wildman–Crippen MR) is 107 cm³/mol. The number of halogens is 1. The van der Waals surface area contributed by atoms with E-state index in [1.54, 1.807) is 47.9 Å². The van der Waals surface area contributed by atoms with Crippen LogP contribution in [0.25, 0.3) is 33.7 Å². The molecule has 0 radical (unpaired) electrons. The molecule has 0 atom stereocenters. The molecule has 30 heavy (non-hydrogen) atoms. The molecule has 1 heterocycles. The fourth-order valence-corrected chi connectivity index (χ4v) is 3.18. The van der Waals surface area contributed by atoms with Gasteiger partial charge in [0.1, 0.15) is 11.3 Å². The first-order valence-electron chi connectivity index (χ1n) is 8.92. The van der Waals surface area contributed by atoms with Crippen molar-refractivity contribution in [2.24, 2.45) is 0 Å². The van der Waals surface area contributed by atoms with E-state index in [0.29, 0.717) is 33.5 Å². The van der Waals surface area contributed by atoms with Crippen molar-refractivity contribution < 1.29 is 28.3 Å². The molecular formula is C22H17FN2O5. The lowest BCUT2D eigenvalue weighted by atomic mass is 10.0. The summed E-state index contributed by atoms with van der Waals surface area (Å²) in [5.74, 6) is -0.247. The van der Waals surface area contributed by atoms with Gasteiger partial charge in [0.25, 0.3) is 5.91 Å². The Labute approximate surface area is 170 Å². The van der Waals surface area contributed by atoms with Gasteiger partial charge in [0, 0.05) is 11.1 Å². The highest BCUT2D eigenvalue weighted by Gasteiger charge is 2.17. The Morgan fingerprint density at radius 3 is 2.57 bits per heavy atom. The largest absolute Gasteiger partial charge is 0.496 e. The van der Waals surface area contributed by atoms with Crippen LogP contribution in [0.1, 0.15) is 10.4 Å². The van der Waals surface area contributed by atoms with E-state index in [2.05, 4.69) is 4.98 Å². The summed E-state index contributed by atoms with van der Waals surface area (Å²) in [7, 11) is 2.91. The number of benzene rings is 3. The third-order valence-electron chi connectivity index (χ3n) is 4.68. The lowest BCUT2D eigenvalue weighted by Crippen LogP contribution is -2.18. The normalized spacial score (nSPS) is 10.8. The van der Waals surface area contributed by atoms with Gasteiger partial charge in [0.05, 0.1) is 19.8 Å². The number of methoxy groups -OCH3 is 2. The molecule has 1 aromatic heterocycles. The Hall–Kier alpha value is -3.91. The number of carbonyl (C=O) groups is 1. The van der Waals surface area contributed by atoms with Crippen LogP contribution in [0.4, 0.5) is 4.39 Å². The van der Waals surface area contributed by atoms with Crippen LogP contribution < -0.4 is 15.0 Å². The number of aromatic nitrogens is 1. The molecule has 0 aliphatic rings. The van der Waals surface area contributed by atoms with E-state index in [1.807, 2.05) is 0 Å². The maximum absolute atomic E-state index is 14.6. The van der Waals surface area contributed by atoms with Crippen molar-refractivity contribution in [2.45, 2.75) is 0 Å². The van der Waals surface area contributed by atoms with Crippen LogP contribution in [0, 0.1) is 5.82 Å². The van der Waals surface area contributed by atoms with Crippen LogP contribution in [0.5, 0.6) is 11.5 Å². The van der Waals surface area contributed by atoms with Gasteiger partial charge < -0.3 is 13.9 Å². The minimum atomic E-state index is -0.649. The highest BCUT2D eigenvalue weighted by Crippen LogP contribution is 2.37. The number of nitrogens with zero attached hydrogens (tertiary/aromatic N) is 1. The van der Waals surface area contributed by atoms with E-state index in [1.165, 1.54) is 26.4 Å². The van der Waals surface area contributed by atoms with Crippen LogP contribution >= 0.6 is 0 Å². The number of amides is 1. The number of hydrogen-bond donors (Lipinski definition) is 2. The van der Waals surface area contributed by atoms with Gasteiger partial charge in [-0.3, -0.25) is 10.0 Å². The molecule has 0 unspecified atom stereocenters. The molecular weight excluding hydrogens is 391 g/mol. The number of carbonyl (C=O) groups excluding carboxylic acids is 1.